The van der Waals surface area contributed by atoms with Crippen molar-refractivity contribution in [2.75, 3.05) is 44.7 Å². The fraction of sp³-hybridized carbons (Fsp3) is 0.500. The molecule has 0 bridgehead atoms. The van der Waals surface area contributed by atoms with Crippen LogP contribution in [0.5, 0.6) is 0 Å². The van der Waals surface area contributed by atoms with Gasteiger partial charge in [0, 0.05) is 55.2 Å². The molecule has 0 saturated carbocycles. The minimum absolute atomic E-state index is 0.751. The van der Waals surface area contributed by atoms with Gasteiger partial charge in [-0.3, -0.25) is 4.98 Å². The standard InChI is InChI=1S/C22H30N6S/c1-3-5-17-14-19-20(15-23-8-7-18-6-4-13-29-18)25-22(26-21(19)16-24-17)28-11-9-27(2)10-12-28/h4,6,13-14,16,23H,3,5,7-12,15H2,1-2H3. The molecule has 0 aromatic carbocycles. The fourth-order valence-corrected chi connectivity index (χ4v) is 4.38. The lowest BCUT2D eigenvalue weighted by Crippen LogP contribution is -2.45. The quantitative estimate of drug-likeness (QED) is 0.576. The molecule has 1 aliphatic rings. The van der Waals surface area contributed by atoms with Crippen molar-refractivity contribution in [3.8, 4) is 0 Å². The summed E-state index contributed by atoms with van der Waals surface area (Å²) in [4.78, 5) is 20.6. The lowest BCUT2D eigenvalue weighted by Gasteiger charge is -2.32. The number of anilines is 1. The summed E-state index contributed by atoms with van der Waals surface area (Å²) in [5, 5.41) is 6.86. The van der Waals surface area contributed by atoms with Gasteiger partial charge in [0.2, 0.25) is 5.95 Å². The van der Waals surface area contributed by atoms with E-state index in [1.54, 1.807) is 0 Å². The van der Waals surface area contributed by atoms with Crippen LogP contribution >= 0.6 is 11.3 Å². The van der Waals surface area contributed by atoms with Crippen molar-refractivity contribution in [1.82, 2.24) is 25.2 Å². The molecular weight excluding hydrogens is 380 g/mol. The molecule has 1 saturated heterocycles. The van der Waals surface area contributed by atoms with E-state index in [4.69, 9.17) is 9.97 Å². The molecule has 4 rings (SSSR count). The third kappa shape index (κ3) is 5.10. The van der Waals surface area contributed by atoms with E-state index in [-0.39, 0.29) is 0 Å². The molecule has 29 heavy (non-hydrogen) atoms. The average molecular weight is 411 g/mol. The Kier molecular flexibility index (Phi) is 6.69. The highest BCUT2D eigenvalue weighted by molar-refractivity contribution is 7.09. The summed E-state index contributed by atoms with van der Waals surface area (Å²) in [7, 11) is 2.17. The second-order valence-corrected chi connectivity index (χ2v) is 8.74. The smallest absolute Gasteiger partial charge is 0.226 e. The predicted molar refractivity (Wildman–Crippen MR) is 121 cm³/mol. The Morgan fingerprint density at radius 2 is 2.00 bits per heavy atom. The average Bonchev–Trinajstić information content (AvgIpc) is 3.25. The van der Waals surface area contributed by atoms with Gasteiger partial charge in [-0.05, 0) is 37.4 Å². The largest absolute Gasteiger partial charge is 0.338 e. The Morgan fingerprint density at radius 1 is 1.14 bits per heavy atom. The summed E-state index contributed by atoms with van der Waals surface area (Å²) in [5.41, 5.74) is 3.15. The summed E-state index contributed by atoms with van der Waals surface area (Å²) in [6.07, 6.45) is 5.06. The molecule has 7 heteroatoms. The summed E-state index contributed by atoms with van der Waals surface area (Å²) >= 11 is 1.82. The third-order valence-electron chi connectivity index (χ3n) is 5.42. The highest BCUT2D eigenvalue weighted by atomic mass is 32.1. The molecule has 1 aliphatic heterocycles. The summed E-state index contributed by atoms with van der Waals surface area (Å²) in [6.45, 7) is 7.91. The van der Waals surface area contributed by atoms with Gasteiger partial charge < -0.3 is 15.1 Å². The Bertz CT molecular complexity index is 918. The highest BCUT2D eigenvalue weighted by Crippen LogP contribution is 2.21. The number of aromatic nitrogens is 3. The van der Waals surface area contributed by atoms with E-state index in [1.807, 2.05) is 17.5 Å². The molecule has 1 N–H and O–H groups in total. The number of nitrogens with zero attached hydrogens (tertiary/aromatic N) is 5. The molecule has 6 nitrogen and oxygen atoms in total. The van der Waals surface area contributed by atoms with Crippen molar-refractivity contribution in [2.45, 2.75) is 32.7 Å². The van der Waals surface area contributed by atoms with Crippen molar-refractivity contribution in [2.24, 2.45) is 0 Å². The lowest BCUT2D eigenvalue weighted by atomic mass is 10.1. The van der Waals surface area contributed by atoms with Crippen molar-refractivity contribution in [3.05, 3.63) is 46.0 Å². The van der Waals surface area contributed by atoms with E-state index in [0.717, 1.165) is 86.8 Å². The first-order valence-electron chi connectivity index (χ1n) is 10.5. The number of nitrogens with one attached hydrogen (secondary N) is 1. The molecule has 0 amide bonds. The van der Waals surface area contributed by atoms with Crippen LogP contribution in [0.15, 0.2) is 29.8 Å². The second kappa shape index (κ2) is 9.61. The molecular formula is C22H30N6S. The van der Waals surface area contributed by atoms with E-state index >= 15 is 0 Å². The van der Waals surface area contributed by atoms with Crippen LogP contribution in [0.2, 0.25) is 0 Å². The van der Waals surface area contributed by atoms with E-state index in [1.165, 1.54) is 4.88 Å². The molecule has 154 valence electrons. The first kappa shape index (κ1) is 20.2. The van der Waals surface area contributed by atoms with Gasteiger partial charge in [0.15, 0.2) is 0 Å². The molecule has 0 radical (unpaired) electrons. The monoisotopic (exact) mass is 410 g/mol. The molecule has 0 atom stereocenters. The molecule has 0 aliphatic carbocycles. The zero-order chi connectivity index (χ0) is 20.1. The second-order valence-electron chi connectivity index (χ2n) is 7.71. The van der Waals surface area contributed by atoms with Gasteiger partial charge in [-0.25, -0.2) is 9.97 Å². The molecule has 0 spiro atoms. The Hall–Kier alpha value is -2.09. The first-order chi connectivity index (χ1) is 14.2. The lowest BCUT2D eigenvalue weighted by molar-refractivity contribution is 0.311. The Balaban J connectivity index is 1.56. The van der Waals surface area contributed by atoms with Crippen LogP contribution in [0.4, 0.5) is 5.95 Å². The van der Waals surface area contributed by atoms with Crippen molar-refractivity contribution < 1.29 is 0 Å². The SMILES string of the molecule is CCCc1cc2c(CNCCc3cccs3)nc(N3CCN(C)CC3)nc2cn1. The van der Waals surface area contributed by atoms with Crippen LogP contribution in [-0.4, -0.2) is 59.6 Å². The predicted octanol–water partition coefficient (Wildman–Crippen LogP) is 3.12. The Morgan fingerprint density at radius 3 is 2.76 bits per heavy atom. The van der Waals surface area contributed by atoms with Gasteiger partial charge in [0.1, 0.15) is 0 Å². The molecule has 1 fully saturated rings. The number of aryl methyl sites for hydroxylation is 1. The number of pyridine rings is 1. The van der Waals surface area contributed by atoms with Gasteiger partial charge in [0.25, 0.3) is 0 Å². The Labute approximate surface area is 177 Å². The minimum atomic E-state index is 0.751. The molecule has 0 unspecified atom stereocenters. The zero-order valence-corrected chi connectivity index (χ0v) is 18.2. The fourth-order valence-electron chi connectivity index (χ4n) is 3.67. The number of hydrogen-bond acceptors (Lipinski definition) is 7. The third-order valence-corrected chi connectivity index (χ3v) is 6.36. The van der Waals surface area contributed by atoms with Crippen LogP contribution in [0, 0.1) is 0 Å². The van der Waals surface area contributed by atoms with Crippen LogP contribution in [0.1, 0.15) is 29.6 Å². The number of piperazine rings is 1. The van der Waals surface area contributed by atoms with Gasteiger partial charge >= 0.3 is 0 Å². The first-order valence-corrected chi connectivity index (χ1v) is 11.4. The van der Waals surface area contributed by atoms with Crippen LogP contribution in [0.25, 0.3) is 10.9 Å². The minimum Gasteiger partial charge on any atom is -0.338 e. The van der Waals surface area contributed by atoms with E-state index in [9.17, 15) is 0 Å². The summed E-state index contributed by atoms with van der Waals surface area (Å²) < 4.78 is 0. The van der Waals surface area contributed by atoms with Crippen LogP contribution in [-0.2, 0) is 19.4 Å². The highest BCUT2D eigenvalue weighted by Gasteiger charge is 2.18. The van der Waals surface area contributed by atoms with Gasteiger partial charge in [-0.2, -0.15) is 0 Å². The normalized spacial score (nSPS) is 15.3. The number of hydrogen-bond donors (Lipinski definition) is 1. The molecule has 3 aromatic rings. The maximum Gasteiger partial charge on any atom is 0.226 e. The van der Waals surface area contributed by atoms with E-state index < -0.39 is 0 Å². The van der Waals surface area contributed by atoms with Crippen molar-refractivity contribution in [3.63, 3.8) is 0 Å². The maximum absolute atomic E-state index is 4.99. The van der Waals surface area contributed by atoms with Gasteiger partial charge in [-0.1, -0.05) is 19.4 Å². The van der Waals surface area contributed by atoms with Crippen molar-refractivity contribution in [1.29, 1.82) is 0 Å². The maximum atomic E-state index is 4.99. The van der Waals surface area contributed by atoms with Gasteiger partial charge in [0.05, 0.1) is 17.4 Å². The summed E-state index contributed by atoms with van der Waals surface area (Å²) in [6, 6.07) is 6.49. The van der Waals surface area contributed by atoms with Crippen molar-refractivity contribution >= 4 is 28.2 Å². The number of rotatable bonds is 8. The molecule has 4 heterocycles. The van der Waals surface area contributed by atoms with E-state index in [0.29, 0.717) is 0 Å². The van der Waals surface area contributed by atoms with Gasteiger partial charge in [-0.15, -0.1) is 11.3 Å². The van der Waals surface area contributed by atoms with Crippen LogP contribution in [0.3, 0.4) is 0 Å². The zero-order valence-electron chi connectivity index (χ0n) is 17.4. The summed E-state index contributed by atoms with van der Waals surface area (Å²) in [5.74, 6) is 0.839. The molecule has 3 aromatic heterocycles. The van der Waals surface area contributed by atoms with Crippen LogP contribution < -0.4 is 10.2 Å². The number of thiophene rings is 1. The number of fused-ring (bicyclic) bond motifs is 1. The topological polar surface area (TPSA) is 57.2 Å². The number of likely N-dealkylation sites (N-methyl/N-ethyl adjacent to an activating group) is 1. The van der Waals surface area contributed by atoms with E-state index in [2.05, 4.69) is 57.7 Å².